The van der Waals surface area contributed by atoms with Crippen LogP contribution in [0.25, 0.3) is 0 Å². The Bertz CT molecular complexity index is 1220. The number of nitrogens with zero attached hydrogens (tertiary/aromatic N) is 1. The summed E-state index contributed by atoms with van der Waals surface area (Å²) in [4.78, 5) is 14.7. The number of methoxy groups -OCH3 is 2. The van der Waals surface area contributed by atoms with Gasteiger partial charge in [0.2, 0.25) is 5.91 Å². The normalized spacial score (nSPS) is 16.4. The first-order chi connectivity index (χ1) is 16.8. The molecule has 5 nitrogen and oxygen atoms in total. The number of hydrogen-bond donors (Lipinski definition) is 1. The molecular formula is C27H27F3N2O3. The Morgan fingerprint density at radius 3 is 2.37 bits per heavy atom. The molecule has 0 bridgehead atoms. The van der Waals surface area contributed by atoms with Crippen molar-refractivity contribution in [1.29, 1.82) is 0 Å². The van der Waals surface area contributed by atoms with Crippen LogP contribution >= 0.6 is 0 Å². The number of primary amides is 1. The minimum absolute atomic E-state index is 0.0618. The first kappa shape index (κ1) is 24.6. The zero-order valence-corrected chi connectivity index (χ0v) is 19.6. The van der Waals surface area contributed by atoms with E-state index in [0.29, 0.717) is 30.9 Å². The van der Waals surface area contributed by atoms with Crippen LogP contribution in [0.4, 0.5) is 13.2 Å². The molecule has 0 saturated carbocycles. The monoisotopic (exact) mass is 484 g/mol. The van der Waals surface area contributed by atoms with Crippen molar-refractivity contribution in [3.8, 4) is 11.5 Å². The summed E-state index contributed by atoms with van der Waals surface area (Å²) in [6, 6.07) is 14.0. The van der Waals surface area contributed by atoms with E-state index in [1.807, 2.05) is 47.4 Å². The smallest absolute Gasteiger partial charge is 0.239 e. The number of nitrogens with two attached hydrogens (primary N) is 1. The lowest BCUT2D eigenvalue weighted by molar-refractivity contribution is -0.124. The van der Waals surface area contributed by atoms with Crippen molar-refractivity contribution in [2.75, 3.05) is 20.8 Å². The predicted octanol–water partition coefficient (Wildman–Crippen LogP) is 4.88. The maximum absolute atomic E-state index is 14.4. The van der Waals surface area contributed by atoms with Crippen LogP contribution in [0.3, 0.4) is 0 Å². The molecule has 1 aliphatic rings. The van der Waals surface area contributed by atoms with Gasteiger partial charge in [0.1, 0.15) is 6.04 Å². The largest absolute Gasteiger partial charge is 0.493 e. The Balaban J connectivity index is 1.78. The molecule has 3 aromatic rings. The van der Waals surface area contributed by atoms with E-state index in [1.54, 1.807) is 7.11 Å². The van der Waals surface area contributed by atoms with Gasteiger partial charge in [-0.15, -0.1) is 0 Å². The molecule has 0 radical (unpaired) electrons. The fourth-order valence-corrected chi connectivity index (χ4v) is 4.88. The number of hydrogen-bond acceptors (Lipinski definition) is 4. The van der Waals surface area contributed by atoms with Gasteiger partial charge >= 0.3 is 0 Å². The Hall–Kier alpha value is -3.52. The zero-order chi connectivity index (χ0) is 25.1. The lowest BCUT2D eigenvalue weighted by Crippen LogP contribution is -2.44. The van der Waals surface area contributed by atoms with Crippen molar-refractivity contribution in [2.45, 2.75) is 31.3 Å². The summed E-state index contributed by atoms with van der Waals surface area (Å²) >= 11 is 0. The minimum atomic E-state index is -1.49. The quantitative estimate of drug-likeness (QED) is 0.463. The average molecular weight is 485 g/mol. The summed E-state index contributed by atoms with van der Waals surface area (Å²) in [6.45, 7) is 0.510. The molecule has 2 N–H and O–H groups in total. The Kier molecular flexibility index (Phi) is 7.31. The molecule has 1 amide bonds. The lowest BCUT2D eigenvalue weighted by atomic mass is 9.86. The van der Waals surface area contributed by atoms with Gasteiger partial charge in [0.15, 0.2) is 29.0 Å². The van der Waals surface area contributed by atoms with Gasteiger partial charge in [0, 0.05) is 12.6 Å². The Morgan fingerprint density at radius 2 is 1.71 bits per heavy atom. The number of fused-ring (bicyclic) bond motifs is 1. The molecule has 4 rings (SSSR count). The molecule has 0 aromatic heterocycles. The van der Waals surface area contributed by atoms with Gasteiger partial charge in [-0.1, -0.05) is 36.4 Å². The number of amides is 1. The zero-order valence-electron chi connectivity index (χ0n) is 19.6. The summed E-state index contributed by atoms with van der Waals surface area (Å²) in [5.74, 6) is -3.33. The lowest BCUT2D eigenvalue weighted by Gasteiger charge is -2.41. The molecule has 2 atom stereocenters. The van der Waals surface area contributed by atoms with Crippen LogP contribution in [0.5, 0.6) is 11.5 Å². The van der Waals surface area contributed by atoms with Gasteiger partial charge < -0.3 is 15.2 Å². The molecule has 35 heavy (non-hydrogen) atoms. The second-order valence-electron chi connectivity index (χ2n) is 8.50. The van der Waals surface area contributed by atoms with E-state index in [2.05, 4.69) is 0 Å². The first-order valence-corrected chi connectivity index (χ1v) is 11.3. The highest BCUT2D eigenvalue weighted by Crippen LogP contribution is 2.43. The van der Waals surface area contributed by atoms with Crippen LogP contribution in [-0.2, 0) is 17.6 Å². The van der Waals surface area contributed by atoms with Crippen molar-refractivity contribution in [3.63, 3.8) is 0 Å². The second kappa shape index (κ2) is 10.4. The van der Waals surface area contributed by atoms with Crippen LogP contribution in [0.2, 0.25) is 0 Å². The maximum Gasteiger partial charge on any atom is 0.239 e. The molecule has 0 saturated heterocycles. The highest BCUT2D eigenvalue weighted by molar-refractivity contribution is 5.81. The third-order valence-corrected chi connectivity index (χ3v) is 6.56. The van der Waals surface area contributed by atoms with Gasteiger partial charge in [0.25, 0.3) is 0 Å². The summed E-state index contributed by atoms with van der Waals surface area (Å²) in [5.41, 5.74) is 8.57. The third kappa shape index (κ3) is 4.84. The minimum Gasteiger partial charge on any atom is -0.493 e. The predicted molar refractivity (Wildman–Crippen MR) is 126 cm³/mol. The molecule has 0 spiro atoms. The van der Waals surface area contributed by atoms with Crippen molar-refractivity contribution in [2.24, 2.45) is 5.73 Å². The Morgan fingerprint density at radius 1 is 1.03 bits per heavy atom. The van der Waals surface area contributed by atoms with Gasteiger partial charge in [-0.2, -0.15) is 0 Å². The SMILES string of the molecule is COc1cc2c(cc1OC)C(CCc1ccc(F)c(F)c1F)N(C(C(N)=O)c1ccccc1)CC2. The van der Waals surface area contributed by atoms with Crippen LogP contribution in [0.1, 0.15) is 40.8 Å². The Labute approximate surface area is 202 Å². The fourth-order valence-electron chi connectivity index (χ4n) is 4.88. The van der Waals surface area contributed by atoms with E-state index >= 15 is 0 Å². The molecule has 1 aliphatic heterocycles. The molecule has 2 unspecified atom stereocenters. The third-order valence-electron chi connectivity index (χ3n) is 6.56. The van der Waals surface area contributed by atoms with Crippen LogP contribution in [-0.4, -0.2) is 31.6 Å². The molecule has 1 heterocycles. The number of carbonyl (C=O) groups is 1. The van der Waals surface area contributed by atoms with E-state index in [0.717, 1.165) is 22.8 Å². The van der Waals surface area contributed by atoms with Crippen LogP contribution in [0.15, 0.2) is 54.6 Å². The molecule has 3 aromatic carbocycles. The molecule has 0 fully saturated rings. The van der Waals surface area contributed by atoms with E-state index in [4.69, 9.17) is 15.2 Å². The van der Waals surface area contributed by atoms with Crippen molar-refractivity contribution >= 4 is 5.91 Å². The highest BCUT2D eigenvalue weighted by atomic mass is 19.2. The molecule has 8 heteroatoms. The molecule has 0 aliphatic carbocycles. The standard InChI is InChI=1S/C27H27F3N2O3/c1-34-22-14-18-12-13-32(26(27(31)33)17-6-4-3-5-7-17)21(19(18)15-23(22)35-2)11-9-16-8-10-20(28)25(30)24(16)29/h3-8,10,14-15,21,26H,9,11-13H2,1-2H3,(H2,31,33). The summed E-state index contributed by atoms with van der Waals surface area (Å²) < 4.78 is 52.7. The number of benzene rings is 3. The van der Waals surface area contributed by atoms with Crippen LogP contribution in [0, 0.1) is 17.5 Å². The van der Waals surface area contributed by atoms with Crippen molar-refractivity contribution in [1.82, 2.24) is 4.90 Å². The van der Waals surface area contributed by atoms with E-state index in [-0.39, 0.29) is 18.0 Å². The van der Waals surface area contributed by atoms with Crippen LogP contribution < -0.4 is 15.2 Å². The summed E-state index contributed by atoms with van der Waals surface area (Å²) in [7, 11) is 3.09. The summed E-state index contributed by atoms with van der Waals surface area (Å²) in [5, 5.41) is 0. The van der Waals surface area contributed by atoms with Crippen molar-refractivity contribution < 1.29 is 27.4 Å². The van der Waals surface area contributed by atoms with Gasteiger partial charge in [-0.3, -0.25) is 9.69 Å². The number of rotatable bonds is 8. The maximum atomic E-state index is 14.4. The van der Waals surface area contributed by atoms with Crippen molar-refractivity contribution in [3.05, 3.63) is 94.3 Å². The van der Waals surface area contributed by atoms with Gasteiger partial charge in [0.05, 0.1) is 14.2 Å². The number of carbonyl (C=O) groups excluding carboxylic acids is 1. The molecule has 184 valence electrons. The highest BCUT2D eigenvalue weighted by Gasteiger charge is 2.36. The van der Waals surface area contributed by atoms with E-state index in [1.165, 1.54) is 13.2 Å². The summed E-state index contributed by atoms with van der Waals surface area (Å²) in [6.07, 6.45) is 1.09. The van der Waals surface area contributed by atoms with E-state index in [9.17, 15) is 18.0 Å². The number of halogens is 3. The van der Waals surface area contributed by atoms with Gasteiger partial charge in [-0.25, -0.2) is 13.2 Å². The molecular weight excluding hydrogens is 457 g/mol. The number of ether oxygens (including phenoxy) is 2. The fraction of sp³-hybridized carbons (Fsp3) is 0.296. The van der Waals surface area contributed by atoms with E-state index < -0.39 is 29.4 Å². The second-order valence-corrected chi connectivity index (χ2v) is 8.50. The first-order valence-electron chi connectivity index (χ1n) is 11.3. The average Bonchev–Trinajstić information content (AvgIpc) is 2.87. The van der Waals surface area contributed by atoms with Gasteiger partial charge in [-0.05, 0) is 59.7 Å². The number of aryl methyl sites for hydroxylation is 1. The topological polar surface area (TPSA) is 64.8 Å².